The van der Waals surface area contributed by atoms with Gasteiger partial charge < -0.3 is 10.1 Å². The number of hydrogen-bond acceptors (Lipinski definition) is 4. The van der Waals surface area contributed by atoms with Crippen LogP contribution in [-0.2, 0) is 21.2 Å². The minimum Gasteiger partial charge on any atom is -0.496 e. The highest BCUT2D eigenvalue weighted by molar-refractivity contribution is 9.10. The zero-order chi connectivity index (χ0) is 22.8. The molecule has 2 aromatic rings. The number of nitrogens with one attached hydrogen (secondary N) is 1. The number of piperidine rings is 1. The number of amides is 1. The number of carbonyl (C=O) groups is 1. The van der Waals surface area contributed by atoms with Crippen molar-refractivity contribution in [3.63, 3.8) is 0 Å². The van der Waals surface area contributed by atoms with Gasteiger partial charge in [0.2, 0.25) is 15.9 Å². The third kappa shape index (κ3) is 5.13. The van der Waals surface area contributed by atoms with Crippen molar-refractivity contribution in [1.29, 1.82) is 0 Å². The van der Waals surface area contributed by atoms with Gasteiger partial charge >= 0.3 is 0 Å². The number of methoxy groups -OCH3 is 1. The Labute approximate surface area is 193 Å². The van der Waals surface area contributed by atoms with Crippen LogP contribution in [0.15, 0.2) is 39.7 Å². The molecule has 1 aliphatic heterocycles. The fourth-order valence-corrected chi connectivity index (χ4v) is 6.19. The van der Waals surface area contributed by atoms with Crippen LogP contribution >= 0.6 is 15.9 Å². The van der Waals surface area contributed by atoms with Gasteiger partial charge in [0.15, 0.2) is 0 Å². The van der Waals surface area contributed by atoms with Gasteiger partial charge in [-0.2, -0.15) is 4.31 Å². The highest BCUT2D eigenvalue weighted by Crippen LogP contribution is 2.30. The number of aryl methyl sites for hydroxylation is 3. The molecule has 0 unspecified atom stereocenters. The minimum absolute atomic E-state index is 0.0440. The molecule has 8 heteroatoms. The molecule has 0 bridgehead atoms. The summed E-state index contributed by atoms with van der Waals surface area (Å²) in [6.07, 6.45) is 1.81. The summed E-state index contributed by atoms with van der Waals surface area (Å²) in [6, 6.07) is 8.89. The number of rotatable bonds is 6. The molecule has 0 aliphatic carbocycles. The molecule has 1 N–H and O–H groups in total. The van der Waals surface area contributed by atoms with Crippen molar-refractivity contribution < 1.29 is 17.9 Å². The highest BCUT2D eigenvalue weighted by atomic mass is 79.9. The highest BCUT2D eigenvalue weighted by Gasteiger charge is 2.32. The van der Waals surface area contributed by atoms with Gasteiger partial charge in [0.05, 0.1) is 12.0 Å². The molecule has 0 spiro atoms. The summed E-state index contributed by atoms with van der Waals surface area (Å²) < 4.78 is 33.8. The molecular formula is C23H29BrN2O4S. The lowest BCUT2D eigenvalue weighted by Crippen LogP contribution is -2.41. The molecule has 1 amide bonds. The Bertz CT molecular complexity index is 1080. The summed E-state index contributed by atoms with van der Waals surface area (Å²) in [5.41, 5.74) is 3.72. The molecule has 1 heterocycles. The van der Waals surface area contributed by atoms with Crippen molar-refractivity contribution in [2.24, 2.45) is 5.92 Å². The molecule has 0 atom stereocenters. The van der Waals surface area contributed by atoms with Crippen molar-refractivity contribution >= 4 is 37.5 Å². The number of hydrogen-bond donors (Lipinski definition) is 1. The topological polar surface area (TPSA) is 75.7 Å². The van der Waals surface area contributed by atoms with Gasteiger partial charge in [-0.05, 0) is 80.1 Å². The Hall–Kier alpha value is -1.90. The second-order valence-electron chi connectivity index (χ2n) is 7.91. The van der Waals surface area contributed by atoms with E-state index in [0.717, 1.165) is 33.3 Å². The van der Waals surface area contributed by atoms with E-state index in [2.05, 4.69) is 28.2 Å². The lowest BCUT2D eigenvalue weighted by molar-refractivity contribution is -0.120. The maximum absolute atomic E-state index is 13.0. The molecule has 3 rings (SSSR count). The summed E-state index contributed by atoms with van der Waals surface area (Å²) in [7, 11) is -2.04. The van der Waals surface area contributed by atoms with Crippen molar-refractivity contribution in [2.75, 3.05) is 25.5 Å². The van der Waals surface area contributed by atoms with Gasteiger partial charge in [0.25, 0.3) is 0 Å². The van der Waals surface area contributed by atoms with E-state index < -0.39 is 10.0 Å². The largest absolute Gasteiger partial charge is 0.496 e. The predicted molar refractivity (Wildman–Crippen MR) is 126 cm³/mol. The van der Waals surface area contributed by atoms with Crippen LogP contribution in [0.1, 0.15) is 36.5 Å². The standard InChI is InChI=1S/C23H29BrN2O4S/c1-5-17-14-19(24)12-16(3)22(17)25-23(27)18-8-10-26(11-9-18)31(28,29)20-6-7-21(30-4)15(2)13-20/h6-7,12-14,18H,5,8-11H2,1-4H3,(H,25,27). The summed E-state index contributed by atoms with van der Waals surface area (Å²) in [4.78, 5) is 13.2. The summed E-state index contributed by atoms with van der Waals surface area (Å²) >= 11 is 3.51. The summed E-state index contributed by atoms with van der Waals surface area (Å²) in [5, 5.41) is 3.09. The maximum Gasteiger partial charge on any atom is 0.243 e. The van der Waals surface area contributed by atoms with Crippen LogP contribution in [0.3, 0.4) is 0 Å². The van der Waals surface area contributed by atoms with Gasteiger partial charge in [-0.15, -0.1) is 0 Å². The lowest BCUT2D eigenvalue weighted by atomic mass is 9.96. The van der Waals surface area contributed by atoms with Gasteiger partial charge in [0.1, 0.15) is 5.75 Å². The van der Waals surface area contributed by atoms with Crippen LogP contribution in [0.5, 0.6) is 5.75 Å². The van der Waals surface area contributed by atoms with E-state index in [9.17, 15) is 13.2 Å². The first-order chi connectivity index (χ1) is 14.7. The minimum atomic E-state index is -3.60. The monoisotopic (exact) mass is 508 g/mol. The predicted octanol–water partition coefficient (Wildman–Crippen LogP) is 4.68. The zero-order valence-corrected chi connectivity index (χ0v) is 20.8. The van der Waals surface area contributed by atoms with Crippen molar-refractivity contribution in [3.05, 3.63) is 51.5 Å². The van der Waals surface area contributed by atoms with E-state index in [0.29, 0.717) is 31.7 Å². The van der Waals surface area contributed by atoms with E-state index in [1.165, 1.54) is 4.31 Å². The SMILES string of the molecule is CCc1cc(Br)cc(C)c1NC(=O)C1CCN(S(=O)(=O)c2ccc(OC)c(C)c2)CC1. The smallest absolute Gasteiger partial charge is 0.243 e. The van der Waals surface area contributed by atoms with E-state index >= 15 is 0 Å². The fraction of sp³-hybridized carbons (Fsp3) is 0.435. The van der Waals surface area contributed by atoms with Crippen LogP contribution < -0.4 is 10.1 Å². The molecule has 0 aromatic heterocycles. The van der Waals surface area contributed by atoms with E-state index in [-0.39, 0.29) is 16.7 Å². The first-order valence-electron chi connectivity index (χ1n) is 10.4. The average Bonchev–Trinajstić information content (AvgIpc) is 2.75. The molecule has 0 saturated carbocycles. The van der Waals surface area contributed by atoms with Gasteiger partial charge in [0, 0.05) is 29.2 Å². The average molecular weight is 509 g/mol. The van der Waals surface area contributed by atoms with Gasteiger partial charge in [-0.3, -0.25) is 4.79 Å². The van der Waals surface area contributed by atoms with Crippen LogP contribution in [0.25, 0.3) is 0 Å². The molecule has 0 radical (unpaired) electrons. The van der Waals surface area contributed by atoms with Crippen molar-refractivity contribution in [3.8, 4) is 5.75 Å². The number of ether oxygens (including phenoxy) is 1. The molecule has 1 saturated heterocycles. The summed E-state index contributed by atoms with van der Waals surface area (Å²) in [6.45, 7) is 6.51. The Morgan fingerprint density at radius 1 is 1.16 bits per heavy atom. The van der Waals surface area contributed by atoms with Gasteiger partial charge in [-0.1, -0.05) is 22.9 Å². The molecule has 1 aliphatic rings. The number of benzene rings is 2. The Morgan fingerprint density at radius 2 is 1.84 bits per heavy atom. The number of nitrogens with zero attached hydrogens (tertiary/aromatic N) is 1. The first kappa shape index (κ1) is 23.8. The Kier molecular flexibility index (Phi) is 7.44. The normalized spacial score (nSPS) is 15.6. The number of anilines is 1. The van der Waals surface area contributed by atoms with Crippen LogP contribution in [0.2, 0.25) is 0 Å². The van der Waals surface area contributed by atoms with Crippen molar-refractivity contribution in [2.45, 2.75) is 44.9 Å². The van der Waals surface area contributed by atoms with Crippen LogP contribution in [-0.4, -0.2) is 38.8 Å². The fourth-order valence-electron chi connectivity index (χ4n) is 4.01. The van der Waals surface area contributed by atoms with E-state index in [1.807, 2.05) is 26.0 Å². The van der Waals surface area contributed by atoms with Gasteiger partial charge in [-0.25, -0.2) is 8.42 Å². The Balaban J connectivity index is 1.68. The second kappa shape index (κ2) is 9.71. The molecule has 168 valence electrons. The molecular weight excluding hydrogens is 480 g/mol. The first-order valence-corrected chi connectivity index (χ1v) is 12.6. The van der Waals surface area contributed by atoms with Crippen LogP contribution in [0.4, 0.5) is 5.69 Å². The van der Waals surface area contributed by atoms with E-state index in [4.69, 9.17) is 4.74 Å². The Morgan fingerprint density at radius 3 is 2.42 bits per heavy atom. The zero-order valence-electron chi connectivity index (χ0n) is 18.4. The third-order valence-corrected chi connectivity index (χ3v) is 8.19. The number of sulfonamides is 1. The molecule has 31 heavy (non-hydrogen) atoms. The molecule has 1 fully saturated rings. The molecule has 6 nitrogen and oxygen atoms in total. The number of halogens is 1. The molecule has 2 aromatic carbocycles. The van der Waals surface area contributed by atoms with Crippen LogP contribution in [0, 0.1) is 19.8 Å². The van der Waals surface area contributed by atoms with Crippen molar-refractivity contribution in [1.82, 2.24) is 4.31 Å². The quantitative estimate of drug-likeness (QED) is 0.614. The van der Waals surface area contributed by atoms with E-state index in [1.54, 1.807) is 25.3 Å². The third-order valence-electron chi connectivity index (χ3n) is 5.84. The number of carbonyl (C=O) groups excluding carboxylic acids is 1. The maximum atomic E-state index is 13.0. The second-order valence-corrected chi connectivity index (χ2v) is 10.8. The summed E-state index contributed by atoms with van der Waals surface area (Å²) in [5.74, 6) is 0.401. The lowest BCUT2D eigenvalue weighted by Gasteiger charge is -2.31.